The normalized spacial score (nSPS) is 16.5. The van der Waals surface area contributed by atoms with E-state index in [0.29, 0.717) is 17.0 Å². The quantitative estimate of drug-likeness (QED) is 0.808. The van der Waals surface area contributed by atoms with E-state index >= 15 is 0 Å². The van der Waals surface area contributed by atoms with Crippen LogP contribution in [0.15, 0.2) is 41.6 Å². The van der Waals surface area contributed by atoms with Crippen molar-refractivity contribution >= 4 is 46.2 Å². The topological polar surface area (TPSA) is 76.7 Å². The van der Waals surface area contributed by atoms with Gasteiger partial charge in [-0.3, -0.25) is 4.79 Å². The molecule has 3 rings (SSSR count). The fourth-order valence-electron chi connectivity index (χ4n) is 2.24. The molecule has 2 aromatic carbocycles. The number of benzene rings is 2. The lowest BCUT2D eigenvalue weighted by Gasteiger charge is -2.11. The van der Waals surface area contributed by atoms with E-state index in [-0.39, 0.29) is 28.0 Å². The highest BCUT2D eigenvalue weighted by Crippen LogP contribution is 2.31. The summed E-state index contributed by atoms with van der Waals surface area (Å²) >= 11 is 11.9. The first-order valence-corrected chi connectivity index (χ1v) is 7.73. The van der Waals surface area contributed by atoms with Gasteiger partial charge in [0.25, 0.3) is 5.91 Å². The van der Waals surface area contributed by atoms with Crippen LogP contribution in [-0.2, 0) is 9.63 Å². The number of halogens is 3. The van der Waals surface area contributed by atoms with E-state index in [9.17, 15) is 9.18 Å². The van der Waals surface area contributed by atoms with Crippen molar-refractivity contribution in [2.45, 2.75) is 12.5 Å². The summed E-state index contributed by atoms with van der Waals surface area (Å²) < 4.78 is 13.3. The molecule has 0 aromatic heterocycles. The van der Waals surface area contributed by atoms with Gasteiger partial charge in [0.15, 0.2) is 0 Å². The molecule has 8 heteroatoms. The highest BCUT2D eigenvalue weighted by molar-refractivity contribution is 6.39. The molecule has 1 atom stereocenters. The number of rotatable bonds is 3. The zero-order valence-corrected chi connectivity index (χ0v) is 13.7. The number of carbonyl (C=O) groups excluding carboxylic acids is 1. The maximum absolute atomic E-state index is 13.3. The Hall–Kier alpha value is -2.31. The Morgan fingerprint density at radius 3 is 2.67 bits per heavy atom. The zero-order chi connectivity index (χ0) is 17.3. The van der Waals surface area contributed by atoms with Gasteiger partial charge in [-0.15, -0.1) is 0 Å². The molecule has 1 heterocycles. The molecule has 0 aliphatic carbocycles. The fourth-order valence-corrected chi connectivity index (χ4v) is 2.72. The number of anilines is 2. The predicted octanol–water partition coefficient (Wildman–Crippen LogP) is 3.85. The molecule has 0 bridgehead atoms. The van der Waals surface area contributed by atoms with Gasteiger partial charge in [0.2, 0.25) is 6.10 Å². The molecular weight excluding hydrogens is 356 g/mol. The molecule has 3 N–H and O–H groups in total. The summed E-state index contributed by atoms with van der Waals surface area (Å²) in [6.07, 6.45) is -0.593. The molecule has 0 radical (unpaired) electrons. The largest absolute Gasteiger partial charge is 0.396 e. The molecule has 2 aromatic rings. The molecule has 24 heavy (non-hydrogen) atoms. The van der Waals surface area contributed by atoms with Crippen LogP contribution in [0.1, 0.15) is 12.0 Å². The van der Waals surface area contributed by atoms with Crippen LogP contribution in [0.3, 0.4) is 0 Å². The number of nitrogen functional groups attached to an aromatic ring is 1. The molecule has 1 aliphatic heterocycles. The van der Waals surface area contributed by atoms with E-state index in [2.05, 4.69) is 10.5 Å². The summed E-state index contributed by atoms with van der Waals surface area (Å²) in [7, 11) is 0. The van der Waals surface area contributed by atoms with Crippen LogP contribution in [0, 0.1) is 5.82 Å². The van der Waals surface area contributed by atoms with Gasteiger partial charge in [-0.05, 0) is 24.3 Å². The second-order valence-corrected chi connectivity index (χ2v) is 6.00. The van der Waals surface area contributed by atoms with Crippen molar-refractivity contribution in [1.82, 2.24) is 0 Å². The molecule has 0 spiro atoms. The van der Waals surface area contributed by atoms with Gasteiger partial charge >= 0.3 is 0 Å². The minimum absolute atomic E-state index is 0.228. The van der Waals surface area contributed by atoms with Crippen molar-refractivity contribution in [2.24, 2.45) is 5.16 Å². The third kappa shape index (κ3) is 3.44. The molecule has 0 unspecified atom stereocenters. The van der Waals surface area contributed by atoms with Gasteiger partial charge in [-0.1, -0.05) is 40.5 Å². The van der Waals surface area contributed by atoms with Crippen LogP contribution in [0.2, 0.25) is 10.0 Å². The lowest BCUT2D eigenvalue weighted by atomic mass is 10.0. The van der Waals surface area contributed by atoms with Gasteiger partial charge < -0.3 is 15.9 Å². The monoisotopic (exact) mass is 367 g/mol. The van der Waals surface area contributed by atoms with E-state index in [4.69, 9.17) is 33.8 Å². The smallest absolute Gasteiger partial charge is 0.268 e. The number of nitrogens with one attached hydrogen (secondary N) is 1. The molecular formula is C16H12Cl2FN3O2. The summed E-state index contributed by atoms with van der Waals surface area (Å²) in [6.45, 7) is 0. The Kier molecular flexibility index (Phi) is 4.59. The molecule has 5 nitrogen and oxygen atoms in total. The maximum atomic E-state index is 13.3. The van der Waals surface area contributed by atoms with Crippen molar-refractivity contribution in [3.63, 3.8) is 0 Å². The first kappa shape index (κ1) is 16.5. The average molecular weight is 368 g/mol. The zero-order valence-electron chi connectivity index (χ0n) is 12.2. The van der Waals surface area contributed by atoms with E-state index in [1.807, 2.05) is 0 Å². The van der Waals surface area contributed by atoms with E-state index in [1.165, 1.54) is 24.3 Å². The Morgan fingerprint density at radius 1 is 1.29 bits per heavy atom. The van der Waals surface area contributed by atoms with Crippen LogP contribution < -0.4 is 11.1 Å². The minimum Gasteiger partial charge on any atom is -0.396 e. The molecule has 0 saturated carbocycles. The summed E-state index contributed by atoms with van der Waals surface area (Å²) in [5, 5.41) is 6.97. The number of nitrogens with zero attached hydrogens (tertiary/aromatic N) is 1. The predicted molar refractivity (Wildman–Crippen MR) is 91.9 cm³/mol. The number of nitrogens with two attached hydrogens (primary N) is 1. The SMILES string of the molecule is Nc1c(Cl)cc(NC(=O)[C@@H]2CC(c3cccc(F)c3)=NO2)cc1Cl. The Bertz CT molecular complexity index is 819. The van der Waals surface area contributed by atoms with Crippen molar-refractivity contribution in [3.05, 3.63) is 57.8 Å². The van der Waals surface area contributed by atoms with Crippen molar-refractivity contribution in [1.29, 1.82) is 0 Å². The third-order valence-corrected chi connectivity index (χ3v) is 4.09. The first-order valence-electron chi connectivity index (χ1n) is 6.98. The molecule has 1 aliphatic rings. The summed E-state index contributed by atoms with van der Waals surface area (Å²) in [6, 6.07) is 8.92. The maximum Gasteiger partial charge on any atom is 0.268 e. The molecule has 0 saturated heterocycles. The third-order valence-electron chi connectivity index (χ3n) is 3.47. The van der Waals surface area contributed by atoms with Gasteiger partial charge in [0, 0.05) is 17.7 Å². The van der Waals surface area contributed by atoms with Crippen LogP contribution in [-0.4, -0.2) is 17.7 Å². The Labute approximate surface area is 147 Å². The summed E-state index contributed by atoms with van der Waals surface area (Å²) in [5.41, 5.74) is 7.36. The van der Waals surface area contributed by atoms with Crippen LogP contribution in [0.4, 0.5) is 15.8 Å². The van der Waals surface area contributed by atoms with E-state index in [0.717, 1.165) is 0 Å². The van der Waals surface area contributed by atoms with Gasteiger partial charge in [0.05, 0.1) is 21.4 Å². The number of oxime groups is 1. The highest BCUT2D eigenvalue weighted by Gasteiger charge is 2.29. The molecule has 124 valence electrons. The summed E-state index contributed by atoms with van der Waals surface area (Å²) in [5.74, 6) is -0.795. The second kappa shape index (κ2) is 6.67. The fraction of sp³-hybridized carbons (Fsp3) is 0.125. The number of amides is 1. The van der Waals surface area contributed by atoms with E-state index < -0.39 is 12.0 Å². The Balaban J connectivity index is 1.68. The van der Waals surface area contributed by atoms with Gasteiger partial charge in [-0.25, -0.2) is 4.39 Å². The van der Waals surface area contributed by atoms with Crippen LogP contribution in [0.5, 0.6) is 0 Å². The summed E-state index contributed by atoms with van der Waals surface area (Å²) in [4.78, 5) is 17.4. The minimum atomic E-state index is -0.821. The molecule has 1 amide bonds. The lowest BCUT2D eigenvalue weighted by Crippen LogP contribution is -2.28. The second-order valence-electron chi connectivity index (χ2n) is 5.19. The van der Waals surface area contributed by atoms with Crippen molar-refractivity contribution in [3.8, 4) is 0 Å². The van der Waals surface area contributed by atoms with Crippen LogP contribution in [0.25, 0.3) is 0 Å². The van der Waals surface area contributed by atoms with Crippen molar-refractivity contribution in [2.75, 3.05) is 11.1 Å². The number of hydrogen-bond acceptors (Lipinski definition) is 4. The average Bonchev–Trinajstić information content (AvgIpc) is 3.02. The highest BCUT2D eigenvalue weighted by atomic mass is 35.5. The standard InChI is InChI=1S/C16H12Cl2FN3O2/c17-11-5-10(6-12(18)15(11)20)21-16(23)14-7-13(22-24-14)8-2-1-3-9(19)4-8/h1-6,14H,7,20H2,(H,21,23)/t14-/m0/s1. The van der Waals surface area contributed by atoms with Crippen molar-refractivity contribution < 1.29 is 14.0 Å². The number of carbonyl (C=O) groups is 1. The Morgan fingerprint density at radius 2 is 2.00 bits per heavy atom. The molecule has 0 fully saturated rings. The van der Waals surface area contributed by atoms with Gasteiger partial charge in [0.1, 0.15) is 5.82 Å². The first-order chi connectivity index (χ1) is 11.4. The van der Waals surface area contributed by atoms with E-state index in [1.54, 1.807) is 12.1 Å². The number of hydrogen-bond donors (Lipinski definition) is 2. The van der Waals surface area contributed by atoms with Crippen LogP contribution >= 0.6 is 23.2 Å². The lowest BCUT2D eigenvalue weighted by molar-refractivity contribution is -0.125. The van der Waals surface area contributed by atoms with Gasteiger partial charge in [-0.2, -0.15) is 0 Å².